The number of nitrogens with one attached hydrogen (secondary N) is 2. The summed E-state index contributed by atoms with van der Waals surface area (Å²) in [5, 5.41) is 16.3. The molecule has 1 heterocycles. The van der Waals surface area contributed by atoms with Gasteiger partial charge in [0.15, 0.2) is 5.78 Å². The zero-order chi connectivity index (χ0) is 21.3. The van der Waals surface area contributed by atoms with Crippen LogP contribution >= 0.6 is 0 Å². The van der Waals surface area contributed by atoms with Crippen molar-refractivity contribution in [2.24, 2.45) is 0 Å². The van der Waals surface area contributed by atoms with Crippen molar-refractivity contribution in [3.63, 3.8) is 0 Å². The molecule has 6 heteroatoms. The molecule has 1 aliphatic rings. The van der Waals surface area contributed by atoms with Gasteiger partial charge in [-0.25, -0.2) is 0 Å². The summed E-state index contributed by atoms with van der Waals surface area (Å²) in [6.07, 6.45) is 1.23. The van der Waals surface area contributed by atoms with Crippen LogP contribution in [0.25, 0.3) is 0 Å². The number of Topliss-reactive ketones (excluding diaryl/α,β-unsaturated/α-hetero) is 1. The van der Waals surface area contributed by atoms with E-state index in [9.17, 15) is 14.7 Å². The van der Waals surface area contributed by atoms with E-state index in [-0.39, 0.29) is 18.1 Å². The van der Waals surface area contributed by atoms with E-state index in [1.807, 2.05) is 18.2 Å². The van der Waals surface area contributed by atoms with Gasteiger partial charge in [0.05, 0.1) is 18.4 Å². The molecule has 2 aromatic carbocycles. The SMILES string of the molecule is COc1cc(C(=O)CC2(O)CCNCC2)ccc1NC(C)=O.Cc1ccccc1. The van der Waals surface area contributed by atoms with E-state index in [1.165, 1.54) is 19.6 Å². The van der Waals surface area contributed by atoms with Gasteiger partial charge in [0.1, 0.15) is 5.75 Å². The van der Waals surface area contributed by atoms with Gasteiger partial charge in [0.2, 0.25) is 5.91 Å². The summed E-state index contributed by atoms with van der Waals surface area (Å²) < 4.78 is 5.21. The van der Waals surface area contributed by atoms with E-state index >= 15 is 0 Å². The first-order valence-electron chi connectivity index (χ1n) is 9.76. The fourth-order valence-corrected chi connectivity index (χ4v) is 3.16. The topological polar surface area (TPSA) is 87.7 Å². The number of methoxy groups -OCH3 is 1. The Balaban J connectivity index is 0.000000360. The van der Waals surface area contributed by atoms with Crippen LogP contribution in [0, 0.1) is 6.92 Å². The van der Waals surface area contributed by atoms with Crippen molar-refractivity contribution in [3.8, 4) is 5.75 Å². The Morgan fingerprint density at radius 2 is 1.79 bits per heavy atom. The number of hydrogen-bond acceptors (Lipinski definition) is 5. The summed E-state index contributed by atoms with van der Waals surface area (Å²) in [5.41, 5.74) is 1.37. The van der Waals surface area contributed by atoms with Gasteiger partial charge in [0, 0.05) is 18.9 Å². The Morgan fingerprint density at radius 3 is 2.31 bits per heavy atom. The summed E-state index contributed by atoms with van der Waals surface area (Å²) in [4.78, 5) is 23.5. The van der Waals surface area contributed by atoms with Crippen LogP contribution in [-0.2, 0) is 4.79 Å². The minimum Gasteiger partial charge on any atom is -0.495 e. The third-order valence-electron chi connectivity index (χ3n) is 4.80. The first-order chi connectivity index (χ1) is 13.8. The Kier molecular flexibility index (Phi) is 8.36. The van der Waals surface area contributed by atoms with Crippen molar-refractivity contribution in [3.05, 3.63) is 59.7 Å². The molecule has 0 spiro atoms. The lowest BCUT2D eigenvalue weighted by atomic mass is 9.86. The summed E-state index contributed by atoms with van der Waals surface area (Å²) in [6.45, 7) is 4.92. The van der Waals surface area contributed by atoms with Crippen LogP contribution in [0.4, 0.5) is 5.69 Å². The van der Waals surface area contributed by atoms with Crippen molar-refractivity contribution >= 4 is 17.4 Å². The molecule has 3 N–H and O–H groups in total. The Morgan fingerprint density at radius 1 is 1.14 bits per heavy atom. The van der Waals surface area contributed by atoms with Crippen molar-refractivity contribution in [1.29, 1.82) is 0 Å². The quantitative estimate of drug-likeness (QED) is 0.673. The highest BCUT2D eigenvalue weighted by Gasteiger charge is 2.32. The average molecular weight is 399 g/mol. The predicted octanol–water partition coefficient (Wildman–Crippen LogP) is 3.34. The second-order valence-electron chi connectivity index (χ2n) is 7.33. The monoisotopic (exact) mass is 398 g/mol. The lowest BCUT2D eigenvalue weighted by molar-refractivity contribution is -0.114. The summed E-state index contributed by atoms with van der Waals surface area (Å²) in [6, 6.07) is 15.1. The minimum absolute atomic E-state index is 0.0946. The van der Waals surface area contributed by atoms with Crippen LogP contribution < -0.4 is 15.4 Å². The number of hydrogen-bond donors (Lipinski definition) is 3. The fraction of sp³-hybridized carbons (Fsp3) is 0.391. The molecular weight excluding hydrogens is 368 g/mol. The van der Waals surface area contributed by atoms with Crippen molar-refractivity contribution < 1.29 is 19.4 Å². The van der Waals surface area contributed by atoms with Crippen LogP contribution in [-0.4, -0.2) is 42.6 Å². The predicted molar refractivity (Wildman–Crippen MR) is 114 cm³/mol. The van der Waals surface area contributed by atoms with Crippen molar-refractivity contribution in [2.75, 3.05) is 25.5 Å². The standard InChI is InChI=1S/C16H22N2O4.C7H8/c1-11(19)18-13-4-3-12(9-15(13)22-2)14(20)10-16(21)5-7-17-8-6-16;1-7-5-3-2-4-6-7/h3-4,9,17,21H,5-8,10H2,1-2H3,(H,18,19);2-6H,1H3. The van der Waals surface area contributed by atoms with Gasteiger partial charge in [-0.3, -0.25) is 9.59 Å². The first kappa shape index (κ1) is 22.6. The molecule has 0 unspecified atom stereocenters. The van der Waals surface area contributed by atoms with Crippen LogP contribution in [0.1, 0.15) is 42.1 Å². The number of anilines is 1. The van der Waals surface area contributed by atoms with Gasteiger partial charge in [-0.15, -0.1) is 0 Å². The number of carbonyl (C=O) groups excluding carboxylic acids is 2. The minimum atomic E-state index is -0.939. The molecular formula is C23H30N2O4. The van der Waals surface area contributed by atoms with Crippen molar-refractivity contribution in [1.82, 2.24) is 5.32 Å². The van der Waals surface area contributed by atoms with E-state index in [4.69, 9.17) is 4.74 Å². The lowest BCUT2D eigenvalue weighted by Gasteiger charge is -2.32. The first-order valence-corrected chi connectivity index (χ1v) is 9.76. The van der Waals surface area contributed by atoms with Gasteiger partial charge >= 0.3 is 0 Å². The molecule has 156 valence electrons. The van der Waals surface area contributed by atoms with E-state index in [0.717, 1.165) is 0 Å². The van der Waals surface area contributed by atoms with Gasteiger partial charge in [-0.2, -0.15) is 0 Å². The molecule has 3 rings (SSSR count). The zero-order valence-corrected chi connectivity index (χ0v) is 17.3. The lowest BCUT2D eigenvalue weighted by Crippen LogP contribution is -2.43. The van der Waals surface area contributed by atoms with E-state index in [1.54, 1.807) is 18.2 Å². The third kappa shape index (κ3) is 7.33. The van der Waals surface area contributed by atoms with Crippen LogP contribution in [0.2, 0.25) is 0 Å². The second-order valence-corrected chi connectivity index (χ2v) is 7.33. The average Bonchev–Trinajstić information content (AvgIpc) is 2.69. The molecule has 6 nitrogen and oxygen atoms in total. The zero-order valence-electron chi connectivity index (χ0n) is 17.3. The smallest absolute Gasteiger partial charge is 0.221 e. The number of aryl methyl sites for hydroxylation is 1. The largest absolute Gasteiger partial charge is 0.495 e. The maximum Gasteiger partial charge on any atom is 0.221 e. The van der Waals surface area contributed by atoms with Crippen LogP contribution in [0.3, 0.4) is 0 Å². The molecule has 1 saturated heterocycles. The number of carbonyl (C=O) groups is 2. The molecule has 0 saturated carbocycles. The maximum absolute atomic E-state index is 12.4. The molecule has 0 atom stereocenters. The highest BCUT2D eigenvalue weighted by Crippen LogP contribution is 2.29. The Bertz CT molecular complexity index is 815. The van der Waals surface area contributed by atoms with Crippen LogP contribution in [0.15, 0.2) is 48.5 Å². The van der Waals surface area contributed by atoms with E-state index in [0.29, 0.717) is 42.9 Å². The Labute approximate surface area is 172 Å². The maximum atomic E-state index is 12.4. The second kappa shape index (κ2) is 10.7. The number of ketones is 1. The number of amides is 1. The normalized spacial score (nSPS) is 14.9. The molecule has 0 aromatic heterocycles. The van der Waals surface area contributed by atoms with Crippen LogP contribution in [0.5, 0.6) is 5.75 Å². The van der Waals surface area contributed by atoms with Gasteiger partial charge in [-0.05, 0) is 51.1 Å². The number of piperidine rings is 1. The molecule has 1 amide bonds. The highest BCUT2D eigenvalue weighted by molar-refractivity contribution is 5.98. The van der Waals surface area contributed by atoms with Gasteiger partial charge < -0.3 is 20.5 Å². The van der Waals surface area contributed by atoms with Gasteiger partial charge in [0.25, 0.3) is 0 Å². The van der Waals surface area contributed by atoms with Gasteiger partial charge in [-0.1, -0.05) is 35.9 Å². The number of ether oxygens (including phenoxy) is 1. The summed E-state index contributed by atoms with van der Waals surface area (Å²) in [7, 11) is 1.48. The Hall–Kier alpha value is -2.70. The number of rotatable bonds is 5. The number of benzene rings is 2. The van der Waals surface area contributed by atoms with E-state index in [2.05, 4.69) is 29.7 Å². The van der Waals surface area contributed by atoms with Crippen molar-refractivity contribution in [2.45, 2.75) is 38.7 Å². The number of aliphatic hydroxyl groups is 1. The fourth-order valence-electron chi connectivity index (χ4n) is 3.16. The molecule has 1 aliphatic heterocycles. The summed E-state index contributed by atoms with van der Waals surface area (Å²) in [5.74, 6) is 0.0943. The summed E-state index contributed by atoms with van der Waals surface area (Å²) >= 11 is 0. The molecule has 1 fully saturated rings. The van der Waals surface area contributed by atoms with E-state index < -0.39 is 5.60 Å². The molecule has 0 radical (unpaired) electrons. The molecule has 2 aromatic rings. The highest BCUT2D eigenvalue weighted by atomic mass is 16.5. The molecule has 0 bridgehead atoms. The third-order valence-corrected chi connectivity index (χ3v) is 4.80. The molecule has 29 heavy (non-hydrogen) atoms. The molecule has 0 aliphatic carbocycles.